The van der Waals surface area contributed by atoms with Crippen molar-refractivity contribution < 1.29 is 63.1 Å². The second-order valence-corrected chi connectivity index (χ2v) is 27.4. The van der Waals surface area contributed by atoms with Crippen LogP contribution in [-0.2, 0) is 22.7 Å². The van der Waals surface area contributed by atoms with Crippen molar-refractivity contribution in [3.63, 3.8) is 0 Å². The summed E-state index contributed by atoms with van der Waals surface area (Å²) in [6.07, 6.45) is 18.7. The molecule has 0 amide bonds. The van der Waals surface area contributed by atoms with Crippen LogP contribution in [0.1, 0.15) is 133 Å². The molecule has 0 bridgehead atoms. The van der Waals surface area contributed by atoms with E-state index < -0.39 is 11.2 Å². The molecule has 0 radical (unpaired) electrons. The van der Waals surface area contributed by atoms with Gasteiger partial charge in [-0.25, -0.2) is 4.85 Å². The maximum atomic E-state index is 11.5. The van der Waals surface area contributed by atoms with Gasteiger partial charge in [-0.3, -0.25) is 4.79 Å². The summed E-state index contributed by atoms with van der Waals surface area (Å²) in [7, 11) is 0. The number of allylic oxidation sites excluding steroid dienone is 3. The van der Waals surface area contributed by atoms with Crippen molar-refractivity contribution in [2.45, 2.75) is 110 Å². The number of hydrogen-bond acceptors (Lipinski definition) is 22. The molecule has 4 N–H and O–H groups in total. The third kappa shape index (κ3) is 21.3. The Kier molecular flexibility index (Phi) is 30.4. The topological polar surface area (TPSA) is 302 Å². The molecule has 10 rings (SSSR count). The first-order chi connectivity index (χ1) is 51.0. The summed E-state index contributed by atoms with van der Waals surface area (Å²) in [6.45, 7) is 23.0. The van der Waals surface area contributed by atoms with Crippen LogP contribution in [0.3, 0.4) is 0 Å². The number of aldehydes is 1. The highest BCUT2D eigenvalue weighted by Gasteiger charge is 2.40. The Morgan fingerprint density at radius 1 is 0.524 bits per heavy atom. The summed E-state index contributed by atoms with van der Waals surface area (Å²) in [5.74, 6) is 3.94. The largest absolute Gasteiger partial charge is 0.493 e. The van der Waals surface area contributed by atoms with Gasteiger partial charge in [-0.2, -0.15) is 26.3 Å². The Balaban J connectivity index is 0.000000228. The number of hydrogen-bond donors (Lipinski definition) is 4. The van der Waals surface area contributed by atoms with Gasteiger partial charge in [-0.05, 0) is 157 Å². The van der Waals surface area contributed by atoms with E-state index in [2.05, 4.69) is 38.9 Å². The fraction of sp³-hybridized carbons (Fsp3) is 0.354. The molecule has 6 heterocycles. The highest BCUT2D eigenvalue weighted by Crippen LogP contribution is 2.49. The summed E-state index contributed by atoms with van der Waals surface area (Å²) in [4.78, 5) is 22.7. The van der Waals surface area contributed by atoms with E-state index in [0.29, 0.717) is 85.9 Å². The molecule has 544 valence electrons. The molecule has 6 aromatic rings. The zero-order valence-corrected chi connectivity index (χ0v) is 61.3. The quantitative estimate of drug-likeness (QED) is 0.0136. The van der Waals surface area contributed by atoms with Crippen LogP contribution < -0.4 is 38.2 Å². The minimum atomic E-state index is -0.933. The van der Waals surface area contributed by atoms with Crippen molar-refractivity contribution in [3.8, 4) is 64.8 Å². The number of anilines is 2. The molecule has 0 spiro atoms. The zero-order chi connectivity index (χ0) is 75.1. The molecule has 23 heteroatoms. The van der Waals surface area contributed by atoms with E-state index in [-0.39, 0.29) is 60.4 Å². The Bertz CT molecular complexity index is 4430. The van der Waals surface area contributed by atoms with E-state index in [1.165, 1.54) is 22.7 Å². The molecule has 105 heavy (non-hydrogen) atoms. The van der Waals surface area contributed by atoms with Gasteiger partial charge in [-0.1, -0.05) is 66.7 Å². The maximum absolute atomic E-state index is 11.5. The lowest BCUT2D eigenvalue weighted by Crippen LogP contribution is -2.26. The number of thiophene rings is 2. The average molecular weight is 1460 g/mol. The van der Waals surface area contributed by atoms with Crippen LogP contribution >= 0.6 is 22.7 Å². The van der Waals surface area contributed by atoms with Gasteiger partial charge in [-0.15, -0.1) is 22.7 Å². The van der Waals surface area contributed by atoms with Crippen molar-refractivity contribution in [1.29, 1.82) is 26.3 Å². The number of aliphatic hydroxyl groups is 4. The SMILES string of the molecule is CC1=C(C#N)C(=C(C#N)C#N)OC1(C)C.O=Cc1sc(/C=C/c2ccc(N(CCCCO)CCCCO)cc2OCc2ccccc2)c2c1OCCO2.[C-]#[N+]C1=C(/C=C/c2sc(/C=C/c3ccc(N(CCCCO)CCCCO)cc3OCc3ccccc3)c3c2OCCO3)C(C)(C)OC1=C(C#N)C#N. The Labute approximate surface area is 622 Å². The lowest BCUT2D eigenvalue weighted by molar-refractivity contribution is 0.0927. The molecule has 0 unspecified atom stereocenters. The minimum absolute atomic E-state index is 0.00388. The number of nitriles is 5. The van der Waals surface area contributed by atoms with Crippen LogP contribution in [0.4, 0.5) is 11.4 Å². The summed E-state index contributed by atoms with van der Waals surface area (Å²) < 4.78 is 47.8. The van der Waals surface area contributed by atoms with Gasteiger partial charge < -0.3 is 68.1 Å². The fourth-order valence-corrected chi connectivity index (χ4v) is 13.4. The molecule has 0 saturated carbocycles. The van der Waals surface area contributed by atoms with E-state index in [1.807, 2.05) is 121 Å². The van der Waals surface area contributed by atoms with E-state index >= 15 is 0 Å². The van der Waals surface area contributed by atoms with Gasteiger partial charge in [0, 0.05) is 92.8 Å². The summed E-state index contributed by atoms with van der Waals surface area (Å²) in [5, 5.41) is 82.5. The van der Waals surface area contributed by atoms with Gasteiger partial charge in [0.1, 0.15) is 97.6 Å². The number of ether oxygens (including phenoxy) is 8. The first-order valence-corrected chi connectivity index (χ1v) is 36.3. The van der Waals surface area contributed by atoms with Gasteiger partial charge in [0.05, 0.1) is 26.8 Å². The first kappa shape index (κ1) is 79.6. The van der Waals surface area contributed by atoms with Crippen molar-refractivity contribution in [2.24, 2.45) is 0 Å². The molecule has 0 atom stereocenters. The normalized spacial score (nSPS) is 14.3. The van der Waals surface area contributed by atoms with Gasteiger partial charge in [0.2, 0.25) is 5.70 Å². The van der Waals surface area contributed by atoms with E-state index in [0.717, 1.165) is 136 Å². The van der Waals surface area contributed by atoms with Crippen LogP contribution in [0.25, 0.3) is 35.2 Å². The number of benzene rings is 4. The highest BCUT2D eigenvalue weighted by molar-refractivity contribution is 7.15. The Morgan fingerprint density at radius 3 is 1.29 bits per heavy atom. The second kappa shape index (κ2) is 40.1. The third-order valence-electron chi connectivity index (χ3n) is 17.2. The van der Waals surface area contributed by atoms with Crippen molar-refractivity contribution >= 4 is 70.7 Å². The smallest absolute Gasteiger partial charge is 0.237 e. The summed E-state index contributed by atoms with van der Waals surface area (Å²) in [6, 6.07) is 41.4. The number of aliphatic hydroxyl groups excluding tert-OH is 4. The standard InChI is InChI=1S/C41H42N4O6S.C30H35NO6S.C11H9N3O/c1-41(2)33(37(44-3)38(51-41)31(26-42)27-43)16-18-36-40-39(48-23-24-49-40)35(52-36)17-14-30-13-15-32(45(19-7-9-21-46)20-8-10-22-47)25-34(30)50-28-29-11-5-4-6-12-29;32-16-6-4-14-31(15-5-7-17-33)25-12-10-24(26(20-25)37-22-23-8-2-1-3-9-23)11-13-27-29-30(28(21-34)38-27)36-19-18-35-29;1-7-9(6-14)10(8(4-12)5-13)15-11(7,2)3/h4-6,11-18,25,46-47H,7-10,19-24,28H2,1-2H3;1-3,8-13,20-21,32-33H,4-7,14-19,22H2;1-3H3/b17-14+,18-16+;13-11+;. The molecule has 0 aliphatic carbocycles. The zero-order valence-electron chi connectivity index (χ0n) is 59.7. The third-order valence-corrected chi connectivity index (χ3v) is 19.4. The van der Waals surface area contributed by atoms with Crippen LogP contribution in [-0.4, -0.2) is 117 Å². The lowest BCUT2D eigenvalue weighted by atomic mass is 9.97. The molecule has 4 aliphatic rings. The molecule has 4 aromatic carbocycles. The van der Waals surface area contributed by atoms with Crippen molar-refractivity contribution in [3.05, 3.63) is 201 Å². The predicted octanol–water partition coefficient (Wildman–Crippen LogP) is 15.3. The second-order valence-electron chi connectivity index (χ2n) is 25.2. The van der Waals surface area contributed by atoms with Crippen LogP contribution in [0, 0.1) is 63.2 Å². The van der Waals surface area contributed by atoms with Crippen LogP contribution in [0.15, 0.2) is 148 Å². The summed E-state index contributed by atoms with van der Waals surface area (Å²) >= 11 is 2.82. The number of nitrogens with zero attached hydrogens (tertiary/aromatic N) is 8. The number of carbonyl (C=O) groups excluding carboxylic acids is 1. The van der Waals surface area contributed by atoms with E-state index in [4.69, 9.17) is 60.3 Å². The Morgan fingerprint density at radius 2 is 0.905 bits per heavy atom. The number of unbranched alkanes of at least 4 members (excludes halogenated alkanes) is 4. The first-order valence-electron chi connectivity index (χ1n) is 34.6. The molecule has 21 nitrogen and oxygen atoms in total. The molecular weight excluding hydrogens is 1370 g/mol. The molecule has 4 aliphatic heterocycles. The van der Waals surface area contributed by atoms with Gasteiger partial charge in [0.15, 0.2) is 51.9 Å². The number of rotatable bonds is 31. The lowest BCUT2D eigenvalue weighted by Gasteiger charge is -2.26. The Hall–Kier alpha value is -11.1. The summed E-state index contributed by atoms with van der Waals surface area (Å²) in [5.41, 5.74) is 5.71. The average Bonchev–Trinajstić information content (AvgIpc) is 1.53. The van der Waals surface area contributed by atoms with E-state index in [1.54, 1.807) is 52.8 Å². The van der Waals surface area contributed by atoms with Gasteiger partial charge >= 0.3 is 0 Å². The van der Waals surface area contributed by atoms with Crippen LogP contribution in [0.5, 0.6) is 34.5 Å². The molecular formula is C82H86N8O13S2. The number of carbonyl (C=O) groups is 1. The minimum Gasteiger partial charge on any atom is -0.493 e. The highest BCUT2D eigenvalue weighted by atomic mass is 32.1. The van der Waals surface area contributed by atoms with Gasteiger partial charge in [0.25, 0.3) is 0 Å². The fourth-order valence-electron chi connectivity index (χ4n) is 11.5. The van der Waals surface area contributed by atoms with Crippen molar-refractivity contribution in [1.82, 2.24) is 0 Å². The maximum Gasteiger partial charge on any atom is 0.237 e. The van der Waals surface area contributed by atoms with Crippen molar-refractivity contribution in [2.75, 3.05) is 88.8 Å². The molecule has 0 fully saturated rings. The predicted molar refractivity (Wildman–Crippen MR) is 406 cm³/mol. The monoisotopic (exact) mass is 1450 g/mol. The molecule has 2 aromatic heterocycles. The van der Waals surface area contributed by atoms with E-state index in [9.17, 15) is 35.7 Å². The number of fused-ring (bicyclic) bond motifs is 2. The molecule has 0 saturated heterocycles. The van der Waals surface area contributed by atoms with Crippen LogP contribution in [0.2, 0.25) is 0 Å².